The Labute approximate surface area is 80.7 Å². The molecular weight excluding hydrogens is 162 g/mol. The third kappa shape index (κ3) is 4.45. The zero-order chi connectivity index (χ0) is 10.1. The molecule has 1 aliphatic rings. The SMILES string of the molecule is C=C.C=NC(=NC)NC1CCCC1. The average Bonchev–Trinajstić information content (AvgIpc) is 2.70. The first-order valence-corrected chi connectivity index (χ1v) is 4.57. The Hall–Kier alpha value is -1.12. The van der Waals surface area contributed by atoms with Crippen LogP contribution < -0.4 is 5.32 Å². The third-order valence-electron chi connectivity index (χ3n) is 2.05. The van der Waals surface area contributed by atoms with Crippen LogP contribution >= 0.6 is 0 Å². The molecule has 0 bridgehead atoms. The predicted molar refractivity (Wildman–Crippen MR) is 59.6 cm³/mol. The number of nitrogens with one attached hydrogen (secondary N) is 1. The second-order valence-electron chi connectivity index (χ2n) is 2.83. The average molecular weight is 181 g/mol. The first-order valence-electron chi connectivity index (χ1n) is 4.57. The van der Waals surface area contributed by atoms with Crippen molar-refractivity contribution in [1.82, 2.24) is 5.32 Å². The summed E-state index contributed by atoms with van der Waals surface area (Å²) < 4.78 is 0. The molecular formula is C10H19N3. The molecule has 1 N–H and O–H groups in total. The van der Waals surface area contributed by atoms with Gasteiger partial charge in [0.1, 0.15) is 0 Å². The quantitative estimate of drug-likeness (QED) is 0.375. The van der Waals surface area contributed by atoms with Gasteiger partial charge < -0.3 is 5.32 Å². The van der Waals surface area contributed by atoms with Gasteiger partial charge in [0.05, 0.1) is 0 Å². The highest BCUT2D eigenvalue weighted by molar-refractivity contribution is 5.84. The van der Waals surface area contributed by atoms with E-state index in [2.05, 4.69) is 35.2 Å². The fraction of sp³-hybridized carbons (Fsp3) is 0.600. The van der Waals surface area contributed by atoms with Crippen molar-refractivity contribution in [1.29, 1.82) is 0 Å². The second kappa shape index (κ2) is 7.53. The molecule has 0 heterocycles. The minimum absolute atomic E-state index is 0.583. The van der Waals surface area contributed by atoms with E-state index in [1.807, 2.05) is 0 Å². The monoisotopic (exact) mass is 181 g/mol. The van der Waals surface area contributed by atoms with Gasteiger partial charge in [-0.3, -0.25) is 4.99 Å². The summed E-state index contributed by atoms with van der Waals surface area (Å²) in [6.45, 7) is 9.43. The van der Waals surface area contributed by atoms with E-state index in [0.717, 1.165) is 0 Å². The molecule has 0 spiro atoms. The Bertz CT molecular complexity index is 169. The number of hydrogen-bond donors (Lipinski definition) is 1. The first-order chi connectivity index (χ1) is 6.36. The molecule has 1 rings (SSSR count). The molecule has 0 aliphatic heterocycles. The molecule has 0 amide bonds. The molecule has 3 nitrogen and oxygen atoms in total. The van der Waals surface area contributed by atoms with Gasteiger partial charge in [0.15, 0.2) is 0 Å². The summed E-state index contributed by atoms with van der Waals surface area (Å²) in [5.41, 5.74) is 0. The third-order valence-corrected chi connectivity index (χ3v) is 2.05. The number of guanidine groups is 1. The van der Waals surface area contributed by atoms with Crippen LogP contribution in [-0.2, 0) is 0 Å². The molecule has 0 aromatic rings. The Balaban J connectivity index is 0.000000671. The highest BCUT2D eigenvalue weighted by atomic mass is 15.1. The number of rotatable bonds is 1. The number of nitrogens with zero attached hydrogens (tertiary/aromatic N) is 2. The van der Waals surface area contributed by atoms with Crippen LogP contribution in [0.5, 0.6) is 0 Å². The zero-order valence-electron chi connectivity index (χ0n) is 8.42. The minimum Gasteiger partial charge on any atom is -0.352 e. The van der Waals surface area contributed by atoms with Crippen molar-refractivity contribution in [3.05, 3.63) is 13.2 Å². The Morgan fingerprint density at radius 1 is 1.31 bits per heavy atom. The molecule has 0 aromatic carbocycles. The maximum atomic E-state index is 3.95. The van der Waals surface area contributed by atoms with Crippen molar-refractivity contribution in [3.63, 3.8) is 0 Å². The fourth-order valence-corrected chi connectivity index (χ4v) is 1.43. The van der Waals surface area contributed by atoms with Gasteiger partial charge in [-0.1, -0.05) is 12.8 Å². The van der Waals surface area contributed by atoms with Gasteiger partial charge in [-0.15, -0.1) is 13.2 Å². The van der Waals surface area contributed by atoms with E-state index in [1.54, 1.807) is 7.05 Å². The molecule has 1 aliphatic carbocycles. The summed E-state index contributed by atoms with van der Waals surface area (Å²) in [6, 6.07) is 0.583. The van der Waals surface area contributed by atoms with Gasteiger partial charge in [-0.05, 0) is 19.6 Å². The highest BCUT2D eigenvalue weighted by Gasteiger charge is 2.14. The van der Waals surface area contributed by atoms with E-state index >= 15 is 0 Å². The van der Waals surface area contributed by atoms with Crippen LogP contribution in [0.2, 0.25) is 0 Å². The molecule has 13 heavy (non-hydrogen) atoms. The molecule has 3 heteroatoms. The summed E-state index contributed by atoms with van der Waals surface area (Å²) in [6.07, 6.45) is 5.14. The summed E-state index contributed by atoms with van der Waals surface area (Å²) in [4.78, 5) is 7.71. The summed E-state index contributed by atoms with van der Waals surface area (Å²) in [5, 5.41) is 3.24. The van der Waals surface area contributed by atoms with Crippen molar-refractivity contribution in [2.24, 2.45) is 9.98 Å². The van der Waals surface area contributed by atoms with E-state index in [0.29, 0.717) is 12.0 Å². The largest absolute Gasteiger partial charge is 0.352 e. The van der Waals surface area contributed by atoms with Crippen molar-refractivity contribution in [2.45, 2.75) is 31.7 Å². The summed E-state index contributed by atoms with van der Waals surface area (Å²) >= 11 is 0. The van der Waals surface area contributed by atoms with Crippen LogP contribution in [0.1, 0.15) is 25.7 Å². The topological polar surface area (TPSA) is 36.8 Å². The van der Waals surface area contributed by atoms with Crippen molar-refractivity contribution < 1.29 is 0 Å². The Kier molecular flexibility index (Phi) is 6.88. The van der Waals surface area contributed by atoms with Gasteiger partial charge in [0.2, 0.25) is 5.96 Å². The van der Waals surface area contributed by atoms with Gasteiger partial charge in [-0.2, -0.15) is 0 Å². The van der Waals surface area contributed by atoms with Crippen LogP contribution in [0.15, 0.2) is 23.1 Å². The van der Waals surface area contributed by atoms with Gasteiger partial charge in [0.25, 0.3) is 0 Å². The fourth-order valence-electron chi connectivity index (χ4n) is 1.43. The van der Waals surface area contributed by atoms with E-state index in [-0.39, 0.29) is 0 Å². The van der Waals surface area contributed by atoms with E-state index < -0.39 is 0 Å². The molecule has 0 saturated heterocycles. The van der Waals surface area contributed by atoms with Crippen LogP contribution in [0.3, 0.4) is 0 Å². The van der Waals surface area contributed by atoms with Crippen molar-refractivity contribution in [2.75, 3.05) is 7.05 Å². The number of hydrogen-bond acceptors (Lipinski definition) is 1. The van der Waals surface area contributed by atoms with E-state index in [4.69, 9.17) is 0 Å². The molecule has 0 radical (unpaired) electrons. The minimum atomic E-state index is 0.583. The second-order valence-corrected chi connectivity index (χ2v) is 2.83. The predicted octanol–water partition coefficient (Wildman–Crippen LogP) is 2.01. The molecule has 0 unspecified atom stereocenters. The lowest BCUT2D eigenvalue weighted by Crippen LogP contribution is -2.31. The van der Waals surface area contributed by atoms with Crippen molar-refractivity contribution >= 4 is 12.7 Å². The molecule has 74 valence electrons. The van der Waals surface area contributed by atoms with E-state index in [1.165, 1.54) is 25.7 Å². The van der Waals surface area contributed by atoms with Crippen LogP contribution in [0.25, 0.3) is 0 Å². The molecule has 1 saturated carbocycles. The van der Waals surface area contributed by atoms with Gasteiger partial charge >= 0.3 is 0 Å². The zero-order valence-corrected chi connectivity index (χ0v) is 8.42. The maximum Gasteiger partial charge on any atom is 0.217 e. The lowest BCUT2D eigenvalue weighted by molar-refractivity contribution is 0.627. The first kappa shape index (κ1) is 11.9. The number of aliphatic imine (C=N–C) groups is 2. The Morgan fingerprint density at radius 2 is 1.85 bits per heavy atom. The Morgan fingerprint density at radius 3 is 2.23 bits per heavy atom. The van der Waals surface area contributed by atoms with Crippen LogP contribution in [-0.4, -0.2) is 25.8 Å². The normalized spacial score (nSPS) is 17.5. The molecule has 0 atom stereocenters. The van der Waals surface area contributed by atoms with Gasteiger partial charge in [-0.25, -0.2) is 4.99 Å². The summed E-state index contributed by atoms with van der Waals surface area (Å²) in [7, 11) is 1.73. The molecule has 0 aromatic heterocycles. The van der Waals surface area contributed by atoms with Gasteiger partial charge in [0, 0.05) is 13.1 Å². The van der Waals surface area contributed by atoms with Crippen LogP contribution in [0, 0.1) is 0 Å². The highest BCUT2D eigenvalue weighted by Crippen LogP contribution is 2.17. The van der Waals surface area contributed by atoms with Crippen molar-refractivity contribution in [3.8, 4) is 0 Å². The standard InChI is InChI=1S/C8H15N3.C2H4/c1-9-8(10-2)11-7-5-3-4-6-7;1-2/h7H,1,3-6H2,2H3,(H,10,11);1-2H2. The smallest absolute Gasteiger partial charge is 0.217 e. The maximum absolute atomic E-state index is 3.95. The van der Waals surface area contributed by atoms with Crippen LogP contribution in [0.4, 0.5) is 0 Å². The lowest BCUT2D eigenvalue weighted by Gasteiger charge is -2.10. The summed E-state index contributed by atoms with van der Waals surface area (Å²) in [5.74, 6) is 0.678. The lowest BCUT2D eigenvalue weighted by atomic mass is 10.2. The molecule has 1 fully saturated rings. The van der Waals surface area contributed by atoms with E-state index in [9.17, 15) is 0 Å².